The lowest BCUT2D eigenvalue weighted by Crippen LogP contribution is -2.15. The molecular formula is C25H19N5O3S2. The smallest absolute Gasteiger partial charge is 0.264 e. The maximum absolute atomic E-state index is 13.2. The Morgan fingerprint density at radius 2 is 1.63 bits per heavy atom. The van der Waals surface area contributed by atoms with Crippen LogP contribution < -0.4 is 10.5 Å². The molecule has 0 saturated carbocycles. The molecule has 0 radical (unpaired) electrons. The van der Waals surface area contributed by atoms with Gasteiger partial charge in [0, 0.05) is 28.9 Å². The molecule has 8 nitrogen and oxygen atoms in total. The SMILES string of the molecule is Cc1ccc(-c2ccc3c(N)c(C(=O)c4ccc(S(=O)(=O)Nc5ncccn5)cc4)sc3n2)cc1. The Hall–Kier alpha value is -4.15. The van der Waals surface area contributed by atoms with Crippen molar-refractivity contribution >= 4 is 49.0 Å². The average molecular weight is 502 g/mol. The summed E-state index contributed by atoms with van der Waals surface area (Å²) < 4.78 is 27.5. The summed E-state index contributed by atoms with van der Waals surface area (Å²) in [5, 5.41) is 0.709. The second kappa shape index (κ2) is 8.90. The number of hydrogen-bond donors (Lipinski definition) is 2. The number of thiophene rings is 1. The zero-order chi connectivity index (χ0) is 24.6. The van der Waals surface area contributed by atoms with Crippen LogP contribution in [0.4, 0.5) is 11.6 Å². The van der Waals surface area contributed by atoms with Crippen molar-refractivity contribution in [3.05, 3.63) is 95.1 Å². The predicted octanol–water partition coefficient (Wildman–Crippen LogP) is 4.68. The van der Waals surface area contributed by atoms with Crippen molar-refractivity contribution in [2.75, 3.05) is 10.5 Å². The van der Waals surface area contributed by atoms with E-state index in [0.29, 0.717) is 26.3 Å². The normalized spacial score (nSPS) is 11.5. The third kappa shape index (κ3) is 4.48. The molecule has 0 aliphatic rings. The molecule has 0 atom stereocenters. The summed E-state index contributed by atoms with van der Waals surface area (Å²) in [4.78, 5) is 26.6. The number of ketones is 1. The molecule has 3 N–H and O–H groups in total. The quantitative estimate of drug-likeness (QED) is 0.323. The van der Waals surface area contributed by atoms with E-state index in [1.165, 1.54) is 48.0 Å². The number of rotatable bonds is 6. The molecule has 5 aromatic rings. The maximum atomic E-state index is 13.2. The van der Waals surface area contributed by atoms with Crippen molar-refractivity contribution < 1.29 is 13.2 Å². The Kier molecular flexibility index (Phi) is 5.75. The number of nitrogens with two attached hydrogens (primary N) is 1. The van der Waals surface area contributed by atoms with Gasteiger partial charge in [0.15, 0.2) is 0 Å². The largest absolute Gasteiger partial charge is 0.397 e. The lowest BCUT2D eigenvalue weighted by Gasteiger charge is -2.07. The van der Waals surface area contributed by atoms with E-state index < -0.39 is 10.0 Å². The van der Waals surface area contributed by atoms with E-state index in [9.17, 15) is 13.2 Å². The minimum absolute atomic E-state index is 0.0183. The first-order valence-corrected chi connectivity index (χ1v) is 12.8. The highest BCUT2D eigenvalue weighted by molar-refractivity contribution is 7.92. The van der Waals surface area contributed by atoms with Crippen LogP contribution in [0, 0.1) is 6.92 Å². The second-order valence-electron chi connectivity index (χ2n) is 7.79. The lowest BCUT2D eigenvalue weighted by atomic mass is 10.1. The minimum atomic E-state index is -3.90. The van der Waals surface area contributed by atoms with E-state index in [2.05, 4.69) is 14.7 Å². The van der Waals surface area contributed by atoms with E-state index in [1.54, 1.807) is 6.07 Å². The number of nitrogen functional groups attached to an aromatic ring is 1. The third-order valence-electron chi connectivity index (χ3n) is 5.37. The van der Waals surface area contributed by atoms with Crippen molar-refractivity contribution in [1.29, 1.82) is 0 Å². The Morgan fingerprint density at radius 1 is 0.943 bits per heavy atom. The molecular weight excluding hydrogens is 482 g/mol. The minimum Gasteiger partial charge on any atom is -0.397 e. The molecule has 0 amide bonds. The van der Waals surface area contributed by atoms with Crippen molar-refractivity contribution in [1.82, 2.24) is 15.0 Å². The monoisotopic (exact) mass is 501 g/mol. The van der Waals surface area contributed by atoms with Crippen LogP contribution in [0.2, 0.25) is 0 Å². The molecule has 0 aliphatic carbocycles. The van der Waals surface area contributed by atoms with Crippen LogP contribution in [0.3, 0.4) is 0 Å². The van der Waals surface area contributed by atoms with Crippen molar-refractivity contribution in [2.24, 2.45) is 0 Å². The number of anilines is 2. The summed E-state index contributed by atoms with van der Waals surface area (Å²) in [7, 11) is -3.90. The van der Waals surface area contributed by atoms with E-state index in [0.717, 1.165) is 16.8 Å². The summed E-state index contributed by atoms with van der Waals surface area (Å²) in [6.45, 7) is 2.02. The van der Waals surface area contributed by atoms with Crippen molar-refractivity contribution in [2.45, 2.75) is 11.8 Å². The van der Waals surface area contributed by atoms with Crippen LogP contribution in [-0.4, -0.2) is 29.2 Å². The van der Waals surface area contributed by atoms with Gasteiger partial charge in [-0.05, 0) is 49.4 Å². The molecule has 3 heterocycles. The number of fused-ring (bicyclic) bond motifs is 1. The molecule has 0 aliphatic heterocycles. The summed E-state index contributed by atoms with van der Waals surface area (Å²) in [6, 6.07) is 19.0. The first kappa shape index (κ1) is 22.6. The maximum Gasteiger partial charge on any atom is 0.264 e. The van der Waals surface area contributed by atoms with Gasteiger partial charge in [0.2, 0.25) is 11.7 Å². The lowest BCUT2D eigenvalue weighted by molar-refractivity contribution is 0.104. The number of aromatic nitrogens is 3. The van der Waals surface area contributed by atoms with Crippen LogP contribution in [0.25, 0.3) is 21.5 Å². The fourth-order valence-electron chi connectivity index (χ4n) is 3.50. The van der Waals surface area contributed by atoms with Crippen LogP contribution in [0.1, 0.15) is 20.8 Å². The first-order valence-electron chi connectivity index (χ1n) is 10.5. The van der Waals surface area contributed by atoms with Gasteiger partial charge in [0.1, 0.15) is 9.71 Å². The number of pyridine rings is 1. The fourth-order valence-corrected chi connectivity index (χ4v) is 5.51. The predicted molar refractivity (Wildman–Crippen MR) is 137 cm³/mol. The molecule has 0 fully saturated rings. The Morgan fingerprint density at radius 3 is 2.31 bits per heavy atom. The van der Waals surface area contributed by atoms with E-state index in [1.807, 2.05) is 43.3 Å². The number of aryl methyl sites for hydroxylation is 1. The highest BCUT2D eigenvalue weighted by atomic mass is 32.2. The number of nitrogens with one attached hydrogen (secondary N) is 1. The van der Waals surface area contributed by atoms with Gasteiger partial charge in [-0.1, -0.05) is 29.8 Å². The van der Waals surface area contributed by atoms with E-state index in [4.69, 9.17) is 10.7 Å². The fraction of sp³-hybridized carbons (Fsp3) is 0.0400. The van der Waals surface area contributed by atoms with Gasteiger partial charge >= 0.3 is 0 Å². The molecule has 2 aromatic carbocycles. The van der Waals surface area contributed by atoms with Crippen LogP contribution >= 0.6 is 11.3 Å². The topological polar surface area (TPSA) is 128 Å². The summed E-state index contributed by atoms with van der Waals surface area (Å²) in [6.07, 6.45) is 2.86. The van der Waals surface area contributed by atoms with Crippen LogP contribution in [0.5, 0.6) is 0 Å². The number of carbonyl (C=O) groups is 1. The molecule has 10 heteroatoms. The zero-order valence-corrected chi connectivity index (χ0v) is 20.1. The number of benzene rings is 2. The van der Waals surface area contributed by atoms with Crippen molar-refractivity contribution in [3.8, 4) is 11.3 Å². The standard InChI is InChI=1S/C25H19N5O3S2/c1-15-3-5-16(6-4-15)20-12-11-19-21(26)23(34-24(19)29-20)22(31)17-7-9-18(10-8-17)35(32,33)30-25-27-13-2-14-28-25/h2-14H,26H2,1H3,(H,27,28,30). The van der Waals surface area contributed by atoms with Crippen molar-refractivity contribution in [3.63, 3.8) is 0 Å². The molecule has 174 valence electrons. The van der Waals surface area contributed by atoms with Gasteiger partial charge in [-0.2, -0.15) is 0 Å². The molecule has 0 bridgehead atoms. The molecule has 5 rings (SSSR count). The highest BCUT2D eigenvalue weighted by Crippen LogP contribution is 2.35. The van der Waals surface area contributed by atoms with E-state index >= 15 is 0 Å². The van der Waals surface area contributed by atoms with Gasteiger partial charge in [0.05, 0.1) is 16.3 Å². The summed E-state index contributed by atoms with van der Waals surface area (Å²) >= 11 is 1.22. The molecule has 3 aromatic heterocycles. The second-order valence-corrected chi connectivity index (χ2v) is 10.5. The third-order valence-corrected chi connectivity index (χ3v) is 7.82. The average Bonchev–Trinajstić information content (AvgIpc) is 3.20. The number of sulfonamides is 1. The van der Waals surface area contributed by atoms with Gasteiger partial charge in [-0.25, -0.2) is 28.1 Å². The molecule has 0 spiro atoms. The molecule has 35 heavy (non-hydrogen) atoms. The first-order chi connectivity index (χ1) is 16.8. The number of nitrogens with zero attached hydrogens (tertiary/aromatic N) is 3. The van der Waals surface area contributed by atoms with E-state index in [-0.39, 0.29) is 16.6 Å². The molecule has 0 saturated heterocycles. The highest BCUT2D eigenvalue weighted by Gasteiger charge is 2.21. The summed E-state index contributed by atoms with van der Waals surface area (Å²) in [5.41, 5.74) is 9.90. The van der Waals surface area contributed by atoms with Gasteiger partial charge in [-0.3, -0.25) is 4.79 Å². The van der Waals surface area contributed by atoms with Gasteiger partial charge in [-0.15, -0.1) is 11.3 Å². The van der Waals surface area contributed by atoms with Crippen LogP contribution in [-0.2, 0) is 10.0 Å². The number of hydrogen-bond acceptors (Lipinski definition) is 8. The van der Waals surface area contributed by atoms with Crippen LogP contribution in [0.15, 0.2) is 84.0 Å². The Balaban J connectivity index is 1.42. The molecule has 0 unspecified atom stereocenters. The zero-order valence-electron chi connectivity index (χ0n) is 18.5. The van der Waals surface area contributed by atoms with Gasteiger partial charge < -0.3 is 5.73 Å². The van der Waals surface area contributed by atoms with Gasteiger partial charge in [0.25, 0.3) is 10.0 Å². The Bertz CT molecular complexity index is 1650. The summed E-state index contributed by atoms with van der Waals surface area (Å²) in [5.74, 6) is -0.339. The Labute approximate surface area is 205 Å². The number of carbonyl (C=O) groups excluding carboxylic acids is 1.